The van der Waals surface area contributed by atoms with Crippen molar-refractivity contribution in [3.05, 3.63) is 59.1 Å². The van der Waals surface area contributed by atoms with Gasteiger partial charge in [0.25, 0.3) is 10.0 Å². The minimum absolute atomic E-state index is 0.0342. The maximum Gasteiger partial charge on any atom is 0.286 e. The second-order valence-corrected chi connectivity index (χ2v) is 8.21. The first-order chi connectivity index (χ1) is 12.9. The molecule has 0 fully saturated rings. The number of ketones is 1. The van der Waals surface area contributed by atoms with Gasteiger partial charge in [-0.15, -0.1) is 4.40 Å². The predicted octanol–water partition coefficient (Wildman–Crippen LogP) is 3.63. The van der Waals surface area contributed by atoms with E-state index in [0.717, 1.165) is 5.56 Å². The van der Waals surface area contributed by atoms with E-state index in [-0.39, 0.29) is 33.9 Å². The van der Waals surface area contributed by atoms with Crippen LogP contribution in [0.3, 0.4) is 0 Å². The molecule has 0 saturated heterocycles. The standard InChI is InChI=1S/C19H19ClN2O4S/c1-26-12-14(13-5-3-2-4-6-13)7-10-17(23)19-21-16-9-8-15(20)11-18(16)27(24,25)22-19/h2-6,8-9,11,14H,7,10,12H2,1H3,(H,21,22). The van der Waals surface area contributed by atoms with Gasteiger partial charge in [-0.2, -0.15) is 8.42 Å². The zero-order valence-corrected chi connectivity index (χ0v) is 16.3. The molecule has 1 N–H and O–H groups in total. The second-order valence-electron chi connectivity index (χ2n) is 6.21. The Hall–Kier alpha value is -2.22. The number of ether oxygens (including phenoxy) is 1. The number of carbonyl (C=O) groups is 1. The van der Waals surface area contributed by atoms with Crippen LogP contribution in [0.2, 0.25) is 5.02 Å². The molecule has 1 aliphatic rings. The quantitative estimate of drug-likeness (QED) is 0.758. The Balaban J connectivity index is 1.75. The lowest BCUT2D eigenvalue weighted by molar-refractivity contribution is -0.113. The minimum atomic E-state index is -3.96. The van der Waals surface area contributed by atoms with E-state index in [1.54, 1.807) is 13.2 Å². The number of nitrogens with zero attached hydrogens (tertiary/aromatic N) is 1. The first-order valence-corrected chi connectivity index (χ1v) is 10.2. The number of carbonyl (C=O) groups excluding carboxylic acids is 1. The van der Waals surface area contributed by atoms with Gasteiger partial charge in [0.2, 0.25) is 0 Å². The molecule has 2 aromatic rings. The summed E-state index contributed by atoms with van der Waals surface area (Å²) in [5.74, 6) is -0.502. The van der Waals surface area contributed by atoms with Crippen LogP contribution in [-0.2, 0) is 19.6 Å². The number of halogens is 1. The molecule has 8 heteroatoms. The first kappa shape index (κ1) is 19.5. The number of benzene rings is 2. The summed E-state index contributed by atoms with van der Waals surface area (Å²) < 4.78 is 33.6. The minimum Gasteiger partial charge on any atom is -0.384 e. The highest BCUT2D eigenvalue weighted by Gasteiger charge is 2.28. The lowest BCUT2D eigenvalue weighted by Gasteiger charge is -2.19. The summed E-state index contributed by atoms with van der Waals surface area (Å²) in [6.07, 6.45) is 0.665. The monoisotopic (exact) mass is 406 g/mol. The summed E-state index contributed by atoms with van der Waals surface area (Å²) in [5.41, 5.74) is 1.37. The average molecular weight is 407 g/mol. The number of sulfonamides is 1. The van der Waals surface area contributed by atoms with E-state index in [0.29, 0.717) is 18.7 Å². The van der Waals surface area contributed by atoms with Crippen molar-refractivity contribution in [2.75, 3.05) is 19.0 Å². The van der Waals surface area contributed by atoms with Crippen LogP contribution in [0.25, 0.3) is 0 Å². The normalized spacial score (nSPS) is 16.0. The van der Waals surface area contributed by atoms with Crippen LogP contribution in [-0.4, -0.2) is 33.8 Å². The van der Waals surface area contributed by atoms with Crippen molar-refractivity contribution in [1.29, 1.82) is 0 Å². The first-order valence-electron chi connectivity index (χ1n) is 8.39. The number of nitrogens with one attached hydrogen (secondary N) is 1. The zero-order chi connectivity index (χ0) is 19.4. The summed E-state index contributed by atoms with van der Waals surface area (Å²) in [6, 6.07) is 14.1. The number of fused-ring (bicyclic) bond motifs is 1. The number of Topliss-reactive ketones (excluding diaryl/α,β-unsaturated/α-hetero) is 1. The molecule has 1 aliphatic heterocycles. The number of rotatable bonds is 7. The van der Waals surface area contributed by atoms with Crippen molar-refractivity contribution in [2.45, 2.75) is 23.7 Å². The Kier molecular flexibility index (Phi) is 5.94. The second kappa shape index (κ2) is 8.21. The third kappa shape index (κ3) is 4.55. The van der Waals surface area contributed by atoms with Crippen LogP contribution >= 0.6 is 11.6 Å². The molecule has 3 rings (SSSR count). The van der Waals surface area contributed by atoms with Gasteiger partial charge < -0.3 is 10.1 Å². The predicted molar refractivity (Wildman–Crippen MR) is 105 cm³/mol. The lowest BCUT2D eigenvalue weighted by Crippen LogP contribution is -2.29. The summed E-state index contributed by atoms with van der Waals surface area (Å²) in [7, 11) is -2.35. The van der Waals surface area contributed by atoms with Crippen LogP contribution in [0.1, 0.15) is 24.3 Å². The lowest BCUT2D eigenvalue weighted by atomic mass is 9.94. The number of hydrogen-bond acceptors (Lipinski definition) is 5. The molecule has 1 unspecified atom stereocenters. The Morgan fingerprint density at radius 1 is 1.22 bits per heavy atom. The summed E-state index contributed by atoms with van der Waals surface area (Å²) >= 11 is 5.86. The Bertz CT molecular complexity index is 974. The van der Waals surface area contributed by atoms with Crippen molar-refractivity contribution >= 4 is 38.9 Å². The number of methoxy groups -OCH3 is 1. The molecule has 0 radical (unpaired) electrons. The van der Waals surface area contributed by atoms with E-state index in [9.17, 15) is 13.2 Å². The van der Waals surface area contributed by atoms with Crippen LogP contribution in [0, 0.1) is 0 Å². The third-order valence-electron chi connectivity index (χ3n) is 4.31. The SMILES string of the molecule is COCC(CCC(=O)C1=NS(=O)(=O)c2cc(Cl)ccc2N1)c1ccccc1. The number of anilines is 1. The van der Waals surface area contributed by atoms with Crippen molar-refractivity contribution in [3.63, 3.8) is 0 Å². The molecule has 1 atom stereocenters. The molecule has 0 aromatic heterocycles. The Morgan fingerprint density at radius 3 is 2.67 bits per heavy atom. The topological polar surface area (TPSA) is 84.8 Å². The van der Waals surface area contributed by atoms with Crippen molar-refractivity contribution in [3.8, 4) is 0 Å². The molecule has 142 valence electrons. The summed E-state index contributed by atoms with van der Waals surface area (Å²) in [6.45, 7) is 0.469. The zero-order valence-electron chi connectivity index (χ0n) is 14.7. The van der Waals surface area contributed by atoms with E-state index in [4.69, 9.17) is 16.3 Å². The fraction of sp³-hybridized carbons (Fsp3) is 0.263. The maximum atomic E-state index is 12.6. The third-order valence-corrected chi connectivity index (χ3v) is 5.86. The average Bonchev–Trinajstić information content (AvgIpc) is 2.65. The smallest absolute Gasteiger partial charge is 0.286 e. The number of hydrogen-bond donors (Lipinski definition) is 1. The van der Waals surface area contributed by atoms with E-state index < -0.39 is 10.0 Å². The largest absolute Gasteiger partial charge is 0.384 e. The highest BCUT2D eigenvalue weighted by atomic mass is 35.5. The molecule has 0 amide bonds. The number of amidine groups is 1. The fourth-order valence-corrected chi connectivity index (χ4v) is 4.35. The van der Waals surface area contributed by atoms with Gasteiger partial charge in [-0.25, -0.2) is 0 Å². The van der Waals surface area contributed by atoms with Crippen LogP contribution in [0.5, 0.6) is 0 Å². The van der Waals surface area contributed by atoms with Gasteiger partial charge in [0.1, 0.15) is 4.90 Å². The Morgan fingerprint density at radius 2 is 1.96 bits per heavy atom. The van der Waals surface area contributed by atoms with Gasteiger partial charge >= 0.3 is 0 Å². The van der Waals surface area contributed by atoms with Crippen LogP contribution < -0.4 is 5.32 Å². The molecule has 1 heterocycles. The van der Waals surface area contributed by atoms with E-state index in [2.05, 4.69) is 9.71 Å². The molecule has 0 spiro atoms. The van der Waals surface area contributed by atoms with E-state index in [1.165, 1.54) is 12.1 Å². The fourth-order valence-electron chi connectivity index (χ4n) is 2.95. The molecule has 2 aromatic carbocycles. The van der Waals surface area contributed by atoms with E-state index in [1.807, 2.05) is 30.3 Å². The highest BCUT2D eigenvalue weighted by Crippen LogP contribution is 2.30. The molecule has 27 heavy (non-hydrogen) atoms. The van der Waals surface area contributed by atoms with Crippen molar-refractivity contribution in [2.24, 2.45) is 4.40 Å². The molecular weight excluding hydrogens is 388 g/mol. The summed E-state index contributed by atoms with van der Waals surface area (Å²) in [4.78, 5) is 12.5. The van der Waals surface area contributed by atoms with Crippen molar-refractivity contribution in [1.82, 2.24) is 0 Å². The molecule has 0 saturated carbocycles. The summed E-state index contributed by atoms with van der Waals surface area (Å²) in [5, 5.41) is 3.09. The van der Waals surface area contributed by atoms with Crippen LogP contribution in [0.15, 0.2) is 57.8 Å². The van der Waals surface area contributed by atoms with Gasteiger partial charge in [0.15, 0.2) is 11.6 Å². The molecule has 0 aliphatic carbocycles. The maximum absolute atomic E-state index is 12.6. The molecule has 0 bridgehead atoms. The van der Waals surface area contributed by atoms with E-state index >= 15 is 0 Å². The molecular formula is C19H19ClN2O4S. The van der Waals surface area contributed by atoms with Crippen LogP contribution in [0.4, 0.5) is 5.69 Å². The van der Waals surface area contributed by atoms with Gasteiger partial charge in [0, 0.05) is 24.5 Å². The molecule has 6 nitrogen and oxygen atoms in total. The van der Waals surface area contributed by atoms with Gasteiger partial charge in [-0.3, -0.25) is 4.79 Å². The van der Waals surface area contributed by atoms with Crippen molar-refractivity contribution < 1.29 is 17.9 Å². The Labute approximate surface area is 163 Å². The van der Waals surface area contributed by atoms with Gasteiger partial charge in [-0.1, -0.05) is 41.9 Å². The van der Waals surface area contributed by atoms with Gasteiger partial charge in [0.05, 0.1) is 12.3 Å². The highest BCUT2D eigenvalue weighted by molar-refractivity contribution is 7.90. The van der Waals surface area contributed by atoms with Gasteiger partial charge in [-0.05, 0) is 30.2 Å².